The summed E-state index contributed by atoms with van der Waals surface area (Å²) in [7, 11) is 1.36. The third-order valence-corrected chi connectivity index (χ3v) is 3.56. The van der Waals surface area contributed by atoms with Crippen molar-refractivity contribution in [3.8, 4) is 0 Å². The molecule has 6 heteroatoms. The highest BCUT2D eigenvalue weighted by Crippen LogP contribution is 2.19. The Kier molecular flexibility index (Phi) is 5.98. The Bertz CT molecular complexity index is 381. The maximum atomic E-state index is 12.5. The van der Waals surface area contributed by atoms with Gasteiger partial charge in [-0.3, -0.25) is 14.4 Å². The van der Waals surface area contributed by atoms with Gasteiger partial charge in [-0.2, -0.15) is 0 Å². The minimum absolute atomic E-state index is 0.00454. The molecule has 1 rings (SSSR count). The fourth-order valence-corrected chi connectivity index (χ4v) is 2.47. The van der Waals surface area contributed by atoms with Crippen molar-refractivity contribution in [3.63, 3.8) is 0 Å². The van der Waals surface area contributed by atoms with Gasteiger partial charge in [0.15, 0.2) is 0 Å². The number of esters is 1. The molecule has 0 radical (unpaired) electrons. The van der Waals surface area contributed by atoms with Crippen molar-refractivity contribution < 1.29 is 19.1 Å². The molecule has 0 aromatic rings. The van der Waals surface area contributed by atoms with Crippen molar-refractivity contribution in [2.75, 3.05) is 20.2 Å². The van der Waals surface area contributed by atoms with Gasteiger partial charge in [0.25, 0.3) is 0 Å². The molecular weight excluding hydrogens is 260 g/mol. The maximum absolute atomic E-state index is 12.5. The summed E-state index contributed by atoms with van der Waals surface area (Å²) in [6.45, 7) is 6.17. The van der Waals surface area contributed by atoms with Gasteiger partial charge >= 0.3 is 5.97 Å². The average Bonchev–Trinajstić information content (AvgIpc) is 2.42. The Labute approximate surface area is 119 Å². The summed E-state index contributed by atoms with van der Waals surface area (Å²) in [6, 6.07) is -0.538. The largest absolute Gasteiger partial charge is 0.469 e. The highest BCUT2D eigenvalue weighted by Gasteiger charge is 2.33. The standard InChI is InChI=1S/C14H24N2O4/c1-9(2)12(15-10(3)17)13(18)16-7-5-6-11(8-16)14(19)20-4/h9,11-12H,5-8H2,1-4H3,(H,15,17)/t11-,12?/m0/s1. The lowest BCUT2D eigenvalue weighted by Gasteiger charge is -2.35. The molecule has 1 fully saturated rings. The Morgan fingerprint density at radius 1 is 1.30 bits per heavy atom. The van der Waals surface area contributed by atoms with Crippen molar-refractivity contribution >= 4 is 17.8 Å². The first kappa shape index (κ1) is 16.5. The lowest BCUT2D eigenvalue weighted by molar-refractivity contribution is -0.150. The molecule has 1 heterocycles. The number of carbonyl (C=O) groups excluding carboxylic acids is 3. The monoisotopic (exact) mass is 284 g/mol. The number of amides is 2. The molecule has 6 nitrogen and oxygen atoms in total. The number of hydrogen-bond donors (Lipinski definition) is 1. The number of carbonyl (C=O) groups is 3. The van der Waals surface area contributed by atoms with Gasteiger partial charge in [-0.1, -0.05) is 13.8 Å². The van der Waals surface area contributed by atoms with Crippen LogP contribution in [0.5, 0.6) is 0 Å². The number of rotatable bonds is 4. The van der Waals surface area contributed by atoms with Gasteiger partial charge in [-0.05, 0) is 18.8 Å². The molecule has 0 aromatic carbocycles. The predicted molar refractivity (Wildman–Crippen MR) is 73.8 cm³/mol. The van der Waals surface area contributed by atoms with Gasteiger partial charge in [0, 0.05) is 20.0 Å². The summed E-state index contributed by atoms with van der Waals surface area (Å²) in [6.07, 6.45) is 1.51. The van der Waals surface area contributed by atoms with E-state index in [9.17, 15) is 14.4 Å². The van der Waals surface area contributed by atoms with E-state index in [1.54, 1.807) is 4.90 Å². The third kappa shape index (κ3) is 4.21. The molecule has 1 aliphatic heterocycles. The number of nitrogens with zero attached hydrogens (tertiary/aromatic N) is 1. The number of piperidine rings is 1. The van der Waals surface area contributed by atoms with Crippen LogP contribution in [0.2, 0.25) is 0 Å². The fourth-order valence-electron chi connectivity index (χ4n) is 2.47. The van der Waals surface area contributed by atoms with Crippen LogP contribution in [0.15, 0.2) is 0 Å². The van der Waals surface area contributed by atoms with Gasteiger partial charge in [0.2, 0.25) is 11.8 Å². The summed E-state index contributed by atoms with van der Waals surface area (Å²) >= 11 is 0. The Hall–Kier alpha value is -1.59. The first-order valence-electron chi connectivity index (χ1n) is 7.00. The zero-order valence-electron chi connectivity index (χ0n) is 12.6. The molecule has 0 aliphatic carbocycles. The molecule has 0 spiro atoms. The van der Waals surface area contributed by atoms with Crippen molar-refractivity contribution in [2.45, 2.75) is 39.7 Å². The summed E-state index contributed by atoms with van der Waals surface area (Å²) in [4.78, 5) is 36.9. The van der Waals surface area contributed by atoms with Gasteiger partial charge in [-0.25, -0.2) is 0 Å². The van der Waals surface area contributed by atoms with Gasteiger partial charge in [0.1, 0.15) is 6.04 Å². The van der Waals surface area contributed by atoms with E-state index in [2.05, 4.69) is 5.32 Å². The summed E-state index contributed by atoms with van der Waals surface area (Å²) < 4.78 is 4.74. The second-order valence-corrected chi connectivity index (χ2v) is 5.57. The Balaban J connectivity index is 2.73. The van der Waals surface area contributed by atoms with Crippen LogP contribution in [-0.4, -0.2) is 48.9 Å². The first-order valence-corrected chi connectivity index (χ1v) is 7.00. The van der Waals surface area contributed by atoms with Gasteiger partial charge < -0.3 is 15.0 Å². The fraction of sp³-hybridized carbons (Fsp3) is 0.786. The number of nitrogens with one attached hydrogen (secondary N) is 1. The molecular formula is C14H24N2O4. The van der Waals surface area contributed by atoms with Crippen LogP contribution in [0.4, 0.5) is 0 Å². The average molecular weight is 284 g/mol. The lowest BCUT2D eigenvalue weighted by Crippen LogP contribution is -2.53. The molecule has 20 heavy (non-hydrogen) atoms. The molecule has 1 unspecified atom stereocenters. The molecule has 114 valence electrons. The molecule has 1 aliphatic rings. The molecule has 0 saturated carbocycles. The van der Waals surface area contributed by atoms with E-state index in [0.717, 1.165) is 12.8 Å². The molecule has 2 atom stereocenters. The smallest absolute Gasteiger partial charge is 0.310 e. The van der Waals surface area contributed by atoms with E-state index < -0.39 is 6.04 Å². The second kappa shape index (κ2) is 7.26. The van der Waals surface area contributed by atoms with Crippen molar-refractivity contribution in [3.05, 3.63) is 0 Å². The predicted octanol–water partition coefficient (Wildman–Crippen LogP) is 0.559. The van der Waals surface area contributed by atoms with Crippen LogP contribution in [0, 0.1) is 11.8 Å². The summed E-state index contributed by atoms with van der Waals surface area (Å²) in [5.41, 5.74) is 0. The second-order valence-electron chi connectivity index (χ2n) is 5.57. The number of likely N-dealkylation sites (tertiary alicyclic amines) is 1. The molecule has 0 aromatic heterocycles. The number of methoxy groups -OCH3 is 1. The van der Waals surface area contributed by atoms with E-state index in [1.165, 1.54) is 14.0 Å². The summed E-state index contributed by atoms with van der Waals surface area (Å²) in [5.74, 6) is -0.877. The number of hydrogen-bond acceptors (Lipinski definition) is 4. The van der Waals surface area contributed by atoms with Crippen molar-refractivity contribution in [1.82, 2.24) is 10.2 Å². The van der Waals surface area contributed by atoms with Crippen LogP contribution in [-0.2, 0) is 19.1 Å². The normalized spacial score (nSPS) is 20.4. The Morgan fingerprint density at radius 2 is 1.95 bits per heavy atom. The van der Waals surface area contributed by atoms with E-state index in [-0.39, 0.29) is 29.6 Å². The van der Waals surface area contributed by atoms with E-state index in [4.69, 9.17) is 4.74 Å². The zero-order chi connectivity index (χ0) is 15.3. The SMILES string of the molecule is COC(=O)[C@H]1CCCN(C(=O)C(NC(C)=O)C(C)C)C1. The van der Waals surface area contributed by atoms with E-state index in [1.807, 2.05) is 13.8 Å². The van der Waals surface area contributed by atoms with Crippen LogP contribution >= 0.6 is 0 Å². The van der Waals surface area contributed by atoms with Crippen LogP contribution < -0.4 is 5.32 Å². The maximum Gasteiger partial charge on any atom is 0.310 e. The van der Waals surface area contributed by atoms with E-state index >= 15 is 0 Å². The van der Waals surface area contributed by atoms with Gasteiger partial charge in [0.05, 0.1) is 13.0 Å². The number of ether oxygens (including phenoxy) is 1. The molecule has 1 N–H and O–H groups in total. The van der Waals surface area contributed by atoms with Crippen LogP contribution in [0.25, 0.3) is 0 Å². The minimum Gasteiger partial charge on any atom is -0.469 e. The van der Waals surface area contributed by atoms with Crippen molar-refractivity contribution in [1.29, 1.82) is 0 Å². The van der Waals surface area contributed by atoms with E-state index in [0.29, 0.717) is 13.1 Å². The van der Waals surface area contributed by atoms with Crippen LogP contribution in [0.3, 0.4) is 0 Å². The minimum atomic E-state index is -0.538. The quantitative estimate of drug-likeness (QED) is 0.765. The molecule has 1 saturated heterocycles. The summed E-state index contributed by atoms with van der Waals surface area (Å²) in [5, 5.41) is 2.69. The van der Waals surface area contributed by atoms with Crippen LogP contribution in [0.1, 0.15) is 33.6 Å². The molecule has 0 bridgehead atoms. The zero-order valence-corrected chi connectivity index (χ0v) is 12.6. The molecule has 2 amide bonds. The van der Waals surface area contributed by atoms with Gasteiger partial charge in [-0.15, -0.1) is 0 Å². The Morgan fingerprint density at radius 3 is 2.45 bits per heavy atom. The van der Waals surface area contributed by atoms with Crippen molar-refractivity contribution in [2.24, 2.45) is 11.8 Å². The lowest BCUT2D eigenvalue weighted by atomic mass is 9.95. The first-order chi connectivity index (χ1) is 9.36. The third-order valence-electron chi connectivity index (χ3n) is 3.56. The topological polar surface area (TPSA) is 75.7 Å². The highest BCUT2D eigenvalue weighted by atomic mass is 16.5. The highest BCUT2D eigenvalue weighted by molar-refractivity contribution is 5.87.